The molecule has 0 amide bonds. The fourth-order valence-electron chi connectivity index (χ4n) is 2.03. The normalized spacial score (nSPS) is 11.7. The third kappa shape index (κ3) is 4.14. The Kier molecular flexibility index (Phi) is 6.08. The average Bonchev–Trinajstić information content (AvgIpc) is 2.49. The number of anilines is 1. The van der Waals surface area contributed by atoms with Crippen LogP contribution in [0.2, 0.25) is 0 Å². The standard InChI is InChI=1S/C15H25N3O3/c1-5-15(6-2,9-19)8-17-11-7-16-13(10(3)4)18-12(11)14(20)21/h7,10,17,19H,5-6,8-9H2,1-4H3,(H,20,21). The van der Waals surface area contributed by atoms with Crippen molar-refractivity contribution in [3.05, 3.63) is 17.7 Å². The molecule has 0 bridgehead atoms. The molecule has 0 saturated heterocycles. The van der Waals surface area contributed by atoms with Crippen LogP contribution in [0.3, 0.4) is 0 Å². The summed E-state index contributed by atoms with van der Waals surface area (Å²) in [7, 11) is 0. The fourth-order valence-corrected chi connectivity index (χ4v) is 2.03. The first-order valence-corrected chi connectivity index (χ1v) is 7.34. The number of aromatic nitrogens is 2. The van der Waals surface area contributed by atoms with Crippen molar-refractivity contribution in [2.45, 2.75) is 46.5 Å². The van der Waals surface area contributed by atoms with Crippen LogP contribution in [-0.4, -0.2) is 39.3 Å². The molecule has 118 valence electrons. The molecule has 0 aliphatic carbocycles. The summed E-state index contributed by atoms with van der Waals surface area (Å²) in [5.41, 5.74) is 0.117. The molecule has 1 rings (SSSR count). The van der Waals surface area contributed by atoms with E-state index < -0.39 is 5.97 Å². The van der Waals surface area contributed by atoms with Crippen molar-refractivity contribution >= 4 is 11.7 Å². The van der Waals surface area contributed by atoms with Crippen LogP contribution in [0.15, 0.2) is 6.20 Å². The van der Waals surface area contributed by atoms with Crippen molar-refractivity contribution in [1.82, 2.24) is 9.97 Å². The molecule has 1 aromatic heterocycles. The second-order valence-electron chi connectivity index (χ2n) is 5.67. The summed E-state index contributed by atoms with van der Waals surface area (Å²) < 4.78 is 0. The quantitative estimate of drug-likeness (QED) is 0.682. The number of hydrogen-bond donors (Lipinski definition) is 3. The highest BCUT2D eigenvalue weighted by Crippen LogP contribution is 2.27. The first kappa shape index (κ1) is 17.4. The van der Waals surface area contributed by atoms with Crippen LogP contribution in [0, 0.1) is 5.41 Å². The van der Waals surface area contributed by atoms with E-state index in [0.29, 0.717) is 18.1 Å². The van der Waals surface area contributed by atoms with Gasteiger partial charge in [0.25, 0.3) is 0 Å². The van der Waals surface area contributed by atoms with E-state index in [0.717, 1.165) is 12.8 Å². The van der Waals surface area contributed by atoms with E-state index in [2.05, 4.69) is 15.3 Å². The number of aliphatic hydroxyl groups is 1. The Morgan fingerprint density at radius 3 is 2.43 bits per heavy atom. The highest BCUT2D eigenvalue weighted by Gasteiger charge is 2.26. The maximum atomic E-state index is 11.4. The molecule has 1 heterocycles. The van der Waals surface area contributed by atoms with Crippen LogP contribution < -0.4 is 5.32 Å². The van der Waals surface area contributed by atoms with Gasteiger partial charge in [-0.1, -0.05) is 27.7 Å². The van der Waals surface area contributed by atoms with Crippen molar-refractivity contribution in [1.29, 1.82) is 0 Å². The number of hydrogen-bond acceptors (Lipinski definition) is 5. The van der Waals surface area contributed by atoms with Gasteiger partial charge >= 0.3 is 5.97 Å². The number of nitrogens with one attached hydrogen (secondary N) is 1. The molecule has 0 radical (unpaired) electrons. The first-order chi connectivity index (χ1) is 9.89. The monoisotopic (exact) mass is 295 g/mol. The summed E-state index contributed by atoms with van der Waals surface area (Å²) in [5.74, 6) is -0.498. The lowest BCUT2D eigenvalue weighted by atomic mass is 9.83. The van der Waals surface area contributed by atoms with Crippen molar-refractivity contribution in [3.63, 3.8) is 0 Å². The molecular formula is C15H25N3O3. The molecule has 6 heteroatoms. The van der Waals surface area contributed by atoms with Gasteiger partial charge in [0.05, 0.1) is 18.5 Å². The number of carbonyl (C=O) groups is 1. The highest BCUT2D eigenvalue weighted by atomic mass is 16.4. The minimum atomic E-state index is -1.08. The maximum Gasteiger partial charge on any atom is 0.356 e. The summed E-state index contributed by atoms with van der Waals surface area (Å²) in [6, 6.07) is 0. The molecule has 0 atom stereocenters. The van der Waals surface area contributed by atoms with Crippen LogP contribution in [0.1, 0.15) is 62.8 Å². The van der Waals surface area contributed by atoms with Crippen LogP contribution in [0.25, 0.3) is 0 Å². The van der Waals surface area contributed by atoms with Gasteiger partial charge in [0.1, 0.15) is 5.82 Å². The predicted octanol–water partition coefficient (Wildman–Crippen LogP) is 2.51. The van der Waals surface area contributed by atoms with Crippen LogP contribution in [-0.2, 0) is 0 Å². The molecule has 3 N–H and O–H groups in total. The number of aromatic carboxylic acids is 1. The number of aliphatic hydroxyl groups excluding tert-OH is 1. The minimum absolute atomic E-state index is 0.0206. The summed E-state index contributed by atoms with van der Waals surface area (Å²) in [4.78, 5) is 19.7. The molecule has 0 aromatic carbocycles. The Labute approximate surface area is 125 Å². The van der Waals surface area contributed by atoms with Gasteiger partial charge in [-0.05, 0) is 12.8 Å². The molecule has 6 nitrogen and oxygen atoms in total. The third-order valence-corrected chi connectivity index (χ3v) is 4.02. The van der Waals surface area contributed by atoms with Gasteiger partial charge in [-0.2, -0.15) is 0 Å². The van der Waals surface area contributed by atoms with E-state index in [1.165, 1.54) is 6.20 Å². The van der Waals surface area contributed by atoms with Gasteiger partial charge in [0.15, 0.2) is 5.69 Å². The van der Waals surface area contributed by atoms with Gasteiger partial charge < -0.3 is 15.5 Å². The zero-order valence-corrected chi connectivity index (χ0v) is 13.2. The minimum Gasteiger partial charge on any atom is -0.476 e. The Morgan fingerprint density at radius 1 is 1.38 bits per heavy atom. The van der Waals surface area contributed by atoms with Crippen molar-refractivity contribution < 1.29 is 15.0 Å². The van der Waals surface area contributed by atoms with E-state index >= 15 is 0 Å². The van der Waals surface area contributed by atoms with Gasteiger partial charge in [-0.15, -0.1) is 0 Å². The third-order valence-electron chi connectivity index (χ3n) is 4.02. The Morgan fingerprint density at radius 2 is 2.00 bits per heavy atom. The Hall–Kier alpha value is -1.69. The number of nitrogens with zero attached hydrogens (tertiary/aromatic N) is 2. The van der Waals surface area contributed by atoms with Crippen molar-refractivity contribution in [2.75, 3.05) is 18.5 Å². The SMILES string of the molecule is CCC(CC)(CO)CNc1cnc(C(C)C)nc1C(=O)O. The highest BCUT2D eigenvalue weighted by molar-refractivity contribution is 5.91. The molecule has 1 aromatic rings. The molecule has 21 heavy (non-hydrogen) atoms. The van der Waals surface area contributed by atoms with Crippen molar-refractivity contribution in [2.24, 2.45) is 5.41 Å². The lowest BCUT2D eigenvalue weighted by Crippen LogP contribution is -2.32. The van der Waals surface area contributed by atoms with Crippen LogP contribution in [0.5, 0.6) is 0 Å². The molecule has 0 aliphatic rings. The number of carboxylic acids is 1. The van der Waals surface area contributed by atoms with Gasteiger partial charge in [0, 0.05) is 17.9 Å². The van der Waals surface area contributed by atoms with E-state index in [1.807, 2.05) is 27.7 Å². The van der Waals surface area contributed by atoms with Crippen molar-refractivity contribution in [3.8, 4) is 0 Å². The summed E-state index contributed by atoms with van der Waals surface area (Å²) in [5, 5.41) is 21.9. The molecule has 0 saturated carbocycles. The summed E-state index contributed by atoms with van der Waals surface area (Å²) in [6.07, 6.45) is 3.12. The summed E-state index contributed by atoms with van der Waals surface area (Å²) >= 11 is 0. The average molecular weight is 295 g/mol. The Balaban J connectivity index is 3.00. The van der Waals surface area contributed by atoms with Gasteiger partial charge in [-0.25, -0.2) is 14.8 Å². The lowest BCUT2D eigenvalue weighted by Gasteiger charge is -2.30. The van der Waals surface area contributed by atoms with E-state index in [4.69, 9.17) is 0 Å². The van der Waals surface area contributed by atoms with E-state index in [-0.39, 0.29) is 23.6 Å². The second-order valence-corrected chi connectivity index (χ2v) is 5.67. The molecule has 0 fully saturated rings. The Bertz CT molecular complexity index is 477. The first-order valence-electron chi connectivity index (χ1n) is 7.34. The number of rotatable bonds is 8. The smallest absolute Gasteiger partial charge is 0.356 e. The van der Waals surface area contributed by atoms with Crippen LogP contribution >= 0.6 is 0 Å². The van der Waals surface area contributed by atoms with Gasteiger partial charge in [0.2, 0.25) is 0 Å². The lowest BCUT2D eigenvalue weighted by molar-refractivity contribution is 0.0691. The largest absolute Gasteiger partial charge is 0.476 e. The molecule has 0 aliphatic heterocycles. The van der Waals surface area contributed by atoms with E-state index in [1.54, 1.807) is 0 Å². The molecule has 0 spiro atoms. The zero-order valence-electron chi connectivity index (χ0n) is 13.2. The topological polar surface area (TPSA) is 95.3 Å². The molecule has 0 unspecified atom stereocenters. The zero-order chi connectivity index (χ0) is 16.0. The maximum absolute atomic E-state index is 11.4. The predicted molar refractivity (Wildman–Crippen MR) is 81.7 cm³/mol. The fraction of sp³-hybridized carbons (Fsp3) is 0.667. The van der Waals surface area contributed by atoms with E-state index in [9.17, 15) is 15.0 Å². The number of carboxylic acid groups (broad SMARTS) is 1. The molecular weight excluding hydrogens is 270 g/mol. The van der Waals surface area contributed by atoms with Gasteiger partial charge in [-0.3, -0.25) is 0 Å². The second kappa shape index (κ2) is 7.36. The summed E-state index contributed by atoms with van der Waals surface area (Å²) in [6.45, 7) is 8.40. The van der Waals surface area contributed by atoms with Crippen LogP contribution in [0.4, 0.5) is 5.69 Å².